The van der Waals surface area contributed by atoms with E-state index in [-0.39, 0.29) is 35.6 Å². The molecule has 2 amide bonds. The molecule has 3 atom stereocenters. The Morgan fingerprint density at radius 2 is 1.94 bits per heavy atom. The van der Waals surface area contributed by atoms with Crippen molar-refractivity contribution in [1.29, 1.82) is 0 Å². The molecule has 2 aliphatic heterocycles. The minimum atomic E-state index is -0.392. The fourth-order valence-electron chi connectivity index (χ4n) is 5.11. The summed E-state index contributed by atoms with van der Waals surface area (Å²) >= 11 is 0. The molecule has 0 spiro atoms. The van der Waals surface area contributed by atoms with Crippen LogP contribution in [0.4, 0.5) is 4.39 Å². The van der Waals surface area contributed by atoms with Gasteiger partial charge in [0.25, 0.3) is 0 Å². The predicted molar refractivity (Wildman–Crippen MR) is 122 cm³/mol. The zero-order chi connectivity index (χ0) is 22.8. The van der Waals surface area contributed by atoms with Crippen LogP contribution in [0.25, 0.3) is 11.3 Å². The molecule has 3 aliphatic rings. The first-order valence-electron chi connectivity index (χ1n) is 12.0. The lowest BCUT2D eigenvalue weighted by molar-refractivity contribution is -0.140. The van der Waals surface area contributed by atoms with E-state index < -0.39 is 6.10 Å². The monoisotopic (exact) mass is 451 g/mol. The Kier molecular flexibility index (Phi) is 6.40. The summed E-state index contributed by atoms with van der Waals surface area (Å²) in [6.07, 6.45) is 5.51. The lowest BCUT2D eigenvalue weighted by atomic mass is 9.84. The normalized spacial score (nSPS) is 25.1. The minimum Gasteiger partial charge on any atom is -0.368 e. The molecule has 33 heavy (non-hydrogen) atoms. The van der Waals surface area contributed by atoms with E-state index >= 15 is 0 Å². The molecule has 1 saturated carbocycles. The molecule has 2 saturated heterocycles. The van der Waals surface area contributed by atoms with Crippen LogP contribution < -0.4 is 5.32 Å². The highest BCUT2D eigenvalue weighted by molar-refractivity contribution is 5.82. The number of carbonyl (C=O) groups is 2. The van der Waals surface area contributed by atoms with Crippen molar-refractivity contribution in [2.24, 2.45) is 5.92 Å². The number of carbonyl (C=O) groups excluding carboxylic acids is 2. The summed E-state index contributed by atoms with van der Waals surface area (Å²) in [7, 11) is 0. The Morgan fingerprint density at radius 3 is 2.67 bits per heavy atom. The summed E-state index contributed by atoms with van der Waals surface area (Å²) in [6.45, 7) is 1.26. The summed E-state index contributed by atoms with van der Waals surface area (Å²) in [5.74, 6) is -0.0836. The van der Waals surface area contributed by atoms with Gasteiger partial charge in [0, 0.05) is 36.7 Å². The van der Waals surface area contributed by atoms with Crippen LogP contribution in [0.1, 0.15) is 44.2 Å². The van der Waals surface area contributed by atoms with E-state index in [1.54, 1.807) is 6.07 Å². The highest BCUT2D eigenvalue weighted by Gasteiger charge is 2.42. The topological polar surface area (TPSA) is 71.5 Å². The third-order valence-electron chi connectivity index (χ3n) is 7.18. The molecule has 7 heteroatoms. The van der Waals surface area contributed by atoms with Crippen molar-refractivity contribution >= 4 is 11.8 Å². The van der Waals surface area contributed by atoms with Crippen molar-refractivity contribution in [2.75, 3.05) is 13.2 Å². The van der Waals surface area contributed by atoms with Crippen LogP contribution in [0.15, 0.2) is 42.5 Å². The first-order valence-corrected chi connectivity index (χ1v) is 12.0. The Labute approximate surface area is 193 Å². The van der Waals surface area contributed by atoms with Gasteiger partial charge in [0.2, 0.25) is 11.8 Å². The average molecular weight is 452 g/mol. The maximum Gasteiger partial charge on any atom is 0.249 e. The molecular formula is C26H30FN3O3. The van der Waals surface area contributed by atoms with Gasteiger partial charge in [0.1, 0.15) is 11.9 Å². The molecule has 1 aliphatic carbocycles. The smallest absolute Gasteiger partial charge is 0.249 e. The number of hydrogen-bond acceptors (Lipinski definition) is 4. The molecule has 174 valence electrons. The van der Waals surface area contributed by atoms with E-state index in [1.807, 2.05) is 29.2 Å². The fraction of sp³-hybridized carbons (Fsp3) is 0.500. The van der Waals surface area contributed by atoms with E-state index in [0.29, 0.717) is 30.8 Å². The molecule has 1 N–H and O–H groups in total. The first-order chi connectivity index (χ1) is 16.1. The van der Waals surface area contributed by atoms with Gasteiger partial charge in [-0.15, -0.1) is 0 Å². The van der Waals surface area contributed by atoms with Gasteiger partial charge >= 0.3 is 0 Å². The van der Waals surface area contributed by atoms with E-state index in [0.717, 1.165) is 44.2 Å². The van der Waals surface area contributed by atoms with Gasteiger partial charge in [0.05, 0.1) is 17.8 Å². The molecule has 0 bridgehead atoms. The predicted octanol–water partition coefficient (Wildman–Crippen LogP) is 3.50. The quantitative estimate of drug-likeness (QED) is 0.730. The summed E-state index contributed by atoms with van der Waals surface area (Å²) in [6, 6.07) is 11.8. The van der Waals surface area contributed by atoms with Crippen LogP contribution in [0.5, 0.6) is 0 Å². The van der Waals surface area contributed by atoms with Crippen LogP contribution >= 0.6 is 0 Å². The molecule has 0 unspecified atom stereocenters. The minimum absolute atomic E-state index is 0.0816. The second-order valence-electron chi connectivity index (χ2n) is 9.36. The van der Waals surface area contributed by atoms with E-state index in [1.165, 1.54) is 12.1 Å². The number of aromatic nitrogens is 1. The van der Waals surface area contributed by atoms with Gasteiger partial charge < -0.3 is 15.0 Å². The number of benzene rings is 1. The molecule has 3 heterocycles. The maximum absolute atomic E-state index is 13.7. The molecule has 0 radical (unpaired) electrons. The van der Waals surface area contributed by atoms with Gasteiger partial charge in [-0.25, -0.2) is 4.39 Å². The van der Waals surface area contributed by atoms with Gasteiger partial charge in [-0.1, -0.05) is 24.6 Å². The van der Waals surface area contributed by atoms with E-state index in [9.17, 15) is 14.0 Å². The third kappa shape index (κ3) is 4.78. The Balaban J connectivity index is 1.36. The van der Waals surface area contributed by atoms with Crippen LogP contribution in [0.3, 0.4) is 0 Å². The summed E-state index contributed by atoms with van der Waals surface area (Å²) < 4.78 is 19.3. The summed E-state index contributed by atoms with van der Waals surface area (Å²) in [4.78, 5) is 32.7. The maximum atomic E-state index is 13.7. The van der Waals surface area contributed by atoms with Crippen LogP contribution in [0, 0.1) is 11.7 Å². The van der Waals surface area contributed by atoms with E-state index in [2.05, 4.69) is 5.32 Å². The number of likely N-dealkylation sites (tertiary alicyclic amines) is 1. The van der Waals surface area contributed by atoms with Gasteiger partial charge in [0.15, 0.2) is 0 Å². The number of nitrogens with zero attached hydrogens (tertiary/aromatic N) is 2. The first kappa shape index (κ1) is 22.0. The van der Waals surface area contributed by atoms with Crippen molar-refractivity contribution in [3.05, 3.63) is 54.0 Å². The molecule has 6 nitrogen and oxygen atoms in total. The number of hydrogen-bond donors (Lipinski definition) is 1. The molecule has 1 aromatic heterocycles. The van der Waals surface area contributed by atoms with Crippen LogP contribution in [-0.4, -0.2) is 53.0 Å². The molecule has 3 fully saturated rings. The standard InChI is InChI=1S/C26H30FN3O3/c27-19-8-2-7-18(15-19)21-10-3-9-20(28-21)16-23-22(29-25(31)24-11-4-14-33-24)12-13-30(23)26(32)17-5-1-6-17/h2-3,7-10,15,17,22-24H,1,4-6,11-14,16H2,(H,29,31)/t22-,23-,24-/m0/s1. The number of halogens is 1. The molecular weight excluding hydrogens is 421 g/mol. The largest absolute Gasteiger partial charge is 0.368 e. The zero-order valence-electron chi connectivity index (χ0n) is 18.7. The number of ether oxygens (including phenoxy) is 1. The van der Waals surface area contributed by atoms with Crippen molar-refractivity contribution in [1.82, 2.24) is 15.2 Å². The van der Waals surface area contributed by atoms with Crippen molar-refractivity contribution in [3.63, 3.8) is 0 Å². The second-order valence-corrected chi connectivity index (χ2v) is 9.36. The average Bonchev–Trinajstić information content (AvgIpc) is 3.44. The second kappa shape index (κ2) is 9.59. The highest BCUT2D eigenvalue weighted by Crippen LogP contribution is 2.32. The highest BCUT2D eigenvalue weighted by atomic mass is 19.1. The molecule has 1 aromatic carbocycles. The van der Waals surface area contributed by atoms with Crippen LogP contribution in [-0.2, 0) is 20.7 Å². The number of nitrogens with one attached hydrogen (secondary N) is 1. The summed E-state index contributed by atoms with van der Waals surface area (Å²) in [5.41, 5.74) is 2.24. The van der Waals surface area contributed by atoms with E-state index in [4.69, 9.17) is 9.72 Å². The Bertz CT molecular complexity index is 1020. The van der Waals surface area contributed by atoms with Gasteiger partial charge in [-0.2, -0.15) is 0 Å². The van der Waals surface area contributed by atoms with Gasteiger partial charge in [-0.05, 0) is 56.4 Å². The van der Waals surface area contributed by atoms with Crippen molar-refractivity contribution in [3.8, 4) is 11.3 Å². The van der Waals surface area contributed by atoms with Crippen molar-refractivity contribution in [2.45, 2.75) is 63.1 Å². The number of amides is 2. The number of rotatable bonds is 6. The van der Waals surface area contributed by atoms with Crippen LogP contribution in [0.2, 0.25) is 0 Å². The molecule has 2 aromatic rings. The van der Waals surface area contributed by atoms with Gasteiger partial charge in [-0.3, -0.25) is 14.6 Å². The number of pyridine rings is 1. The fourth-order valence-corrected chi connectivity index (χ4v) is 5.11. The zero-order valence-corrected chi connectivity index (χ0v) is 18.7. The molecule has 5 rings (SSSR count). The van der Waals surface area contributed by atoms with Crippen molar-refractivity contribution < 1.29 is 18.7 Å². The Hall–Kier alpha value is -2.80. The summed E-state index contributed by atoms with van der Waals surface area (Å²) in [5, 5.41) is 3.17. The SMILES string of the molecule is O=C(N[C@H]1CCN(C(=O)C2CCC2)[C@H]1Cc1cccc(-c2cccc(F)c2)n1)[C@@H]1CCCO1. The Morgan fingerprint density at radius 1 is 1.09 bits per heavy atom. The lowest BCUT2D eigenvalue weighted by Crippen LogP contribution is -2.51. The third-order valence-corrected chi connectivity index (χ3v) is 7.18. The lowest BCUT2D eigenvalue weighted by Gasteiger charge is -2.34.